The third-order valence-corrected chi connectivity index (χ3v) is 5.10. The van der Waals surface area contributed by atoms with Crippen molar-refractivity contribution in [1.82, 2.24) is 10.2 Å². The first kappa shape index (κ1) is 21.8. The zero-order chi connectivity index (χ0) is 22.3. The second-order valence-corrected chi connectivity index (χ2v) is 9.25. The predicted molar refractivity (Wildman–Crippen MR) is 111 cm³/mol. The molecule has 1 aromatic carbocycles. The number of rotatable bonds is 5. The van der Waals surface area contributed by atoms with Crippen LogP contribution in [-0.4, -0.2) is 52.9 Å². The standard InChI is InChI=1S/C22H29N3O5/c1-14(2)12-24-19(28)15-8-6-7-9-16(15)25-18(27)10-11-22(24,25)20(29)30-13-17(26)23-21(3,4)5/h6-9,14H,10-13H2,1-5H3,(H,23,26)/t22-/m1/s1. The molecule has 3 rings (SSSR count). The van der Waals surface area contributed by atoms with Crippen molar-refractivity contribution < 1.29 is 23.9 Å². The van der Waals surface area contributed by atoms with Gasteiger partial charge in [-0.1, -0.05) is 26.0 Å². The molecule has 8 heteroatoms. The molecular weight excluding hydrogens is 386 g/mol. The lowest BCUT2D eigenvalue weighted by atomic mass is 9.95. The molecule has 1 aromatic rings. The van der Waals surface area contributed by atoms with Crippen molar-refractivity contribution in [2.45, 2.75) is 58.7 Å². The summed E-state index contributed by atoms with van der Waals surface area (Å²) in [7, 11) is 0. The van der Waals surface area contributed by atoms with Gasteiger partial charge < -0.3 is 15.0 Å². The molecule has 2 aliphatic rings. The Morgan fingerprint density at radius 3 is 2.50 bits per heavy atom. The van der Waals surface area contributed by atoms with Crippen molar-refractivity contribution in [2.75, 3.05) is 18.1 Å². The summed E-state index contributed by atoms with van der Waals surface area (Å²) in [5, 5.41) is 2.73. The number of fused-ring (bicyclic) bond motifs is 3. The van der Waals surface area contributed by atoms with Crippen LogP contribution in [0.2, 0.25) is 0 Å². The minimum Gasteiger partial charge on any atom is -0.452 e. The highest BCUT2D eigenvalue weighted by Crippen LogP contribution is 2.45. The minimum absolute atomic E-state index is 0.0608. The average Bonchev–Trinajstić information content (AvgIpc) is 3.00. The molecule has 1 atom stereocenters. The van der Waals surface area contributed by atoms with Gasteiger partial charge in [0.05, 0.1) is 11.3 Å². The molecule has 1 N–H and O–H groups in total. The first-order valence-corrected chi connectivity index (χ1v) is 10.2. The number of nitrogens with zero attached hydrogens (tertiary/aromatic N) is 2. The highest BCUT2D eigenvalue weighted by molar-refractivity contribution is 6.15. The molecule has 162 valence electrons. The first-order valence-electron chi connectivity index (χ1n) is 10.2. The Morgan fingerprint density at radius 2 is 1.87 bits per heavy atom. The van der Waals surface area contributed by atoms with E-state index in [1.54, 1.807) is 24.3 Å². The normalized spacial score (nSPS) is 20.9. The van der Waals surface area contributed by atoms with Gasteiger partial charge in [0.15, 0.2) is 6.61 Å². The summed E-state index contributed by atoms with van der Waals surface area (Å²) >= 11 is 0. The second-order valence-electron chi connectivity index (χ2n) is 9.25. The lowest BCUT2D eigenvalue weighted by molar-refractivity contribution is -0.160. The van der Waals surface area contributed by atoms with Crippen LogP contribution in [0.3, 0.4) is 0 Å². The van der Waals surface area contributed by atoms with Crippen molar-refractivity contribution in [2.24, 2.45) is 5.92 Å². The second kappa shape index (κ2) is 7.74. The monoisotopic (exact) mass is 415 g/mol. The molecule has 0 unspecified atom stereocenters. The fraction of sp³-hybridized carbons (Fsp3) is 0.545. The number of benzene rings is 1. The van der Waals surface area contributed by atoms with E-state index in [2.05, 4.69) is 5.32 Å². The maximum atomic E-state index is 13.4. The first-order chi connectivity index (χ1) is 14.0. The Hall–Kier alpha value is -2.90. The van der Waals surface area contributed by atoms with Crippen LogP contribution < -0.4 is 10.2 Å². The van der Waals surface area contributed by atoms with E-state index in [9.17, 15) is 19.2 Å². The highest BCUT2D eigenvalue weighted by Gasteiger charge is 2.62. The molecule has 0 saturated carbocycles. The van der Waals surface area contributed by atoms with Gasteiger partial charge in [0.1, 0.15) is 0 Å². The molecule has 2 heterocycles. The van der Waals surface area contributed by atoms with E-state index >= 15 is 0 Å². The summed E-state index contributed by atoms with van der Waals surface area (Å²) in [6, 6.07) is 6.77. The molecule has 1 saturated heterocycles. The number of nitrogens with one attached hydrogen (secondary N) is 1. The molecule has 0 aromatic heterocycles. The number of hydrogen-bond acceptors (Lipinski definition) is 5. The van der Waals surface area contributed by atoms with Gasteiger partial charge in [-0.05, 0) is 38.8 Å². The maximum Gasteiger partial charge on any atom is 0.354 e. The van der Waals surface area contributed by atoms with Crippen molar-refractivity contribution in [1.29, 1.82) is 0 Å². The summed E-state index contributed by atoms with van der Waals surface area (Å²) in [6.45, 7) is 9.14. The van der Waals surface area contributed by atoms with Crippen molar-refractivity contribution in [3.05, 3.63) is 29.8 Å². The molecule has 30 heavy (non-hydrogen) atoms. The van der Waals surface area contributed by atoms with Gasteiger partial charge in [-0.2, -0.15) is 0 Å². The summed E-state index contributed by atoms with van der Waals surface area (Å²) in [5.41, 5.74) is -1.27. The van der Waals surface area contributed by atoms with Crippen LogP contribution in [0.4, 0.5) is 5.69 Å². The van der Waals surface area contributed by atoms with Crippen molar-refractivity contribution >= 4 is 29.4 Å². The van der Waals surface area contributed by atoms with Crippen LogP contribution in [0.25, 0.3) is 0 Å². The Balaban J connectivity index is 1.99. The zero-order valence-corrected chi connectivity index (χ0v) is 18.2. The third-order valence-electron chi connectivity index (χ3n) is 5.10. The van der Waals surface area contributed by atoms with E-state index in [0.29, 0.717) is 11.3 Å². The highest BCUT2D eigenvalue weighted by atomic mass is 16.5. The van der Waals surface area contributed by atoms with Crippen LogP contribution in [0.5, 0.6) is 0 Å². The van der Waals surface area contributed by atoms with Crippen LogP contribution in [0, 0.1) is 5.92 Å². The van der Waals surface area contributed by atoms with E-state index in [1.165, 1.54) is 9.80 Å². The van der Waals surface area contributed by atoms with Crippen molar-refractivity contribution in [3.8, 4) is 0 Å². The van der Waals surface area contributed by atoms with Crippen LogP contribution in [0.1, 0.15) is 57.8 Å². The molecule has 8 nitrogen and oxygen atoms in total. The van der Waals surface area contributed by atoms with Crippen molar-refractivity contribution in [3.63, 3.8) is 0 Å². The van der Waals surface area contributed by atoms with Gasteiger partial charge >= 0.3 is 5.97 Å². The number of carbonyl (C=O) groups is 4. The fourth-order valence-corrected chi connectivity index (χ4v) is 4.07. The van der Waals surface area contributed by atoms with Gasteiger partial charge in [-0.25, -0.2) is 4.79 Å². The third kappa shape index (κ3) is 3.78. The lowest BCUT2D eigenvalue weighted by Gasteiger charge is -2.48. The molecule has 3 amide bonds. The largest absolute Gasteiger partial charge is 0.452 e. The van der Waals surface area contributed by atoms with Crippen LogP contribution >= 0.6 is 0 Å². The number of carbonyl (C=O) groups excluding carboxylic acids is 4. The van der Waals surface area contributed by atoms with Gasteiger partial charge in [-0.3, -0.25) is 19.3 Å². The summed E-state index contributed by atoms with van der Waals surface area (Å²) in [5.74, 6) is -1.71. The minimum atomic E-state index is -1.57. The molecular formula is C22H29N3O5. The zero-order valence-electron chi connectivity index (χ0n) is 18.2. The molecule has 0 spiro atoms. The van der Waals surface area contributed by atoms with Gasteiger partial charge in [0.25, 0.3) is 11.8 Å². The van der Waals surface area contributed by atoms with Gasteiger partial charge in [0, 0.05) is 24.9 Å². The maximum absolute atomic E-state index is 13.4. The number of esters is 1. The van der Waals surface area contributed by atoms with Gasteiger partial charge in [0.2, 0.25) is 11.6 Å². The number of hydrogen-bond donors (Lipinski definition) is 1. The molecule has 0 aliphatic carbocycles. The number of amides is 3. The molecule has 2 aliphatic heterocycles. The van der Waals surface area contributed by atoms with E-state index < -0.39 is 29.7 Å². The Labute approximate surface area is 176 Å². The topological polar surface area (TPSA) is 96.0 Å². The lowest BCUT2D eigenvalue weighted by Crippen LogP contribution is -2.69. The molecule has 0 radical (unpaired) electrons. The van der Waals surface area contributed by atoms with E-state index in [1.807, 2.05) is 34.6 Å². The fourth-order valence-electron chi connectivity index (χ4n) is 4.07. The Morgan fingerprint density at radius 1 is 1.20 bits per heavy atom. The summed E-state index contributed by atoms with van der Waals surface area (Å²) in [6.07, 6.45) is 0.234. The average molecular weight is 415 g/mol. The number of ether oxygens (including phenoxy) is 1. The predicted octanol–water partition coefficient (Wildman–Crippen LogP) is 2.08. The SMILES string of the molecule is CC(C)CN1C(=O)c2ccccc2N2C(=O)CC[C@@]12C(=O)OCC(=O)NC(C)(C)C. The summed E-state index contributed by atoms with van der Waals surface area (Å²) < 4.78 is 5.38. The Kier molecular flexibility index (Phi) is 5.62. The van der Waals surface area contributed by atoms with E-state index in [-0.39, 0.29) is 37.1 Å². The van der Waals surface area contributed by atoms with Crippen LogP contribution in [0.15, 0.2) is 24.3 Å². The van der Waals surface area contributed by atoms with E-state index in [4.69, 9.17) is 4.74 Å². The molecule has 0 bridgehead atoms. The van der Waals surface area contributed by atoms with Gasteiger partial charge in [-0.15, -0.1) is 0 Å². The van der Waals surface area contributed by atoms with E-state index in [0.717, 1.165) is 0 Å². The summed E-state index contributed by atoms with van der Waals surface area (Å²) in [4.78, 5) is 54.6. The Bertz CT molecular complexity index is 889. The molecule has 1 fully saturated rings. The number of anilines is 1. The van der Waals surface area contributed by atoms with Crippen LogP contribution in [-0.2, 0) is 19.1 Å². The quantitative estimate of drug-likeness (QED) is 0.743. The number of para-hydroxylation sites is 1. The smallest absolute Gasteiger partial charge is 0.354 e.